The molecule has 0 spiro atoms. The van der Waals surface area contributed by atoms with Crippen LogP contribution in [0.15, 0.2) is 32.3 Å². The zero-order valence-corrected chi connectivity index (χ0v) is 17.6. The van der Waals surface area contributed by atoms with Crippen LogP contribution in [-0.4, -0.2) is 55.5 Å². The number of benzene rings is 1. The average molecular weight is 440 g/mol. The molecule has 2 heterocycles. The number of fused-ring (bicyclic) bond motifs is 1. The highest BCUT2D eigenvalue weighted by Gasteiger charge is 2.34. The molecule has 3 rings (SSSR count). The molecule has 10 nitrogen and oxygen atoms in total. The first-order valence-electron chi connectivity index (χ1n) is 9.73. The maximum absolute atomic E-state index is 13.1. The molecule has 1 aliphatic rings. The maximum Gasteiger partial charge on any atom is 0.420 e. The molecule has 1 saturated heterocycles. The van der Waals surface area contributed by atoms with E-state index in [1.807, 2.05) is 0 Å². The van der Waals surface area contributed by atoms with Gasteiger partial charge in [0, 0.05) is 19.2 Å². The summed E-state index contributed by atoms with van der Waals surface area (Å²) in [5.41, 5.74) is 0.333. The minimum Gasteiger partial charge on any atom is -0.466 e. The van der Waals surface area contributed by atoms with Gasteiger partial charge in [0.1, 0.15) is 6.54 Å². The Labute approximate surface area is 173 Å². The summed E-state index contributed by atoms with van der Waals surface area (Å²) in [6, 6.07) is 4.02. The summed E-state index contributed by atoms with van der Waals surface area (Å²) in [7, 11) is -3.91. The van der Waals surface area contributed by atoms with Crippen molar-refractivity contribution < 1.29 is 31.9 Å². The summed E-state index contributed by atoms with van der Waals surface area (Å²) < 4.78 is 43.5. The highest BCUT2D eigenvalue weighted by Crippen LogP contribution is 2.26. The standard InChI is InChI=1S/C19H24N2O8S/c1-3-27-17(22)12-21-15-8-7-14(10-16(15)29-19(21)24)30(25,26)20-9-5-6-13(11-20)18(23)28-4-2/h7-8,10,13H,3-6,9,11-12H2,1-2H3/t13-/m1/s1. The van der Waals surface area contributed by atoms with Gasteiger partial charge in [-0.25, -0.2) is 13.2 Å². The van der Waals surface area contributed by atoms with Crippen molar-refractivity contribution in [1.82, 2.24) is 8.87 Å². The van der Waals surface area contributed by atoms with E-state index in [1.165, 1.54) is 22.5 Å². The molecule has 1 atom stereocenters. The van der Waals surface area contributed by atoms with Crippen LogP contribution in [0.25, 0.3) is 11.1 Å². The highest BCUT2D eigenvalue weighted by molar-refractivity contribution is 7.89. The monoisotopic (exact) mass is 440 g/mol. The van der Waals surface area contributed by atoms with Crippen molar-refractivity contribution in [2.24, 2.45) is 5.92 Å². The Morgan fingerprint density at radius 3 is 2.63 bits per heavy atom. The fourth-order valence-corrected chi connectivity index (χ4v) is 4.99. The second-order valence-corrected chi connectivity index (χ2v) is 8.78. The minimum atomic E-state index is -3.91. The minimum absolute atomic E-state index is 0.0347. The number of aromatic nitrogens is 1. The van der Waals surface area contributed by atoms with Crippen LogP contribution in [0.3, 0.4) is 0 Å². The van der Waals surface area contributed by atoms with E-state index in [-0.39, 0.29) is 48.8 Å². The molecule has 11 heteroatoms. The normalized spacial score (nSPS) is 17.7. The van der Waals surface area contributed by atoms with Gasteiger partial charge in [-0.05, 0) is 38.8 Å². The van der Waals surface area contributed by atoms with Crippen LogP contribution in [-0.2, 0) is 35.6 Å². The fourth-order valence-electron chi connectivity index (χ4n) is 3.45. The molecule has 1 aliphatic heterocycles. The van der Waals surface area contributed by atoms with Crippen LogP contribution < -0.4 is 5.76 Å². The number of nitrogens with zero attached hydrogens (tertiary/aromatic N) is 2. The summed E-state index contributed by atoms with van der Waals surface area (Å²) in [6.07, 6.45) is 1.10. The molecule has 2 aromatic rings. The molecule has 1 aromatic heterocycles. The number of oxazole rings is 1. The third kappa shape index (κ3) is 4.41. The van der Waals surface area contributed by atoms with Crippen molar-refractivity contribution in [3.05, 3.63) is 28.7 Å². The Kier molecular flexibility index (Phi) is 6.61. The predicted octanol–water partition coefficient (Wildman–Crippen LogP) is 1.12. The van der Waals surface area contributed by atoms with E-state index < -0.39 is 33.6 Å². The Balaban J connectivity index is 1.87. The molecule has 0 radical (unpaired) electrons. The first-order valence-corrected chi connectivity index (χ1v) is 11.2. The van der Waals surface area contributed by atoms with Crippen LogP contribution >= 0.6 is 0 Å². The number of carbonyl (C=O) groups excluding carboxylic acids is 2. The summed E-state index contributed by atoms with van der Waals surface area (Å²) >= 11 is 0. The van der Waals surface area contributed by atoms with Crippen molar-refractivity contribution in [1.29, 1.82) is 0 Å². The molecule has 0 aliphatic carbocycles. The number of hydrogen-bond acceptors (Lipinski definition) is 8. The maximum atomic E-state index is 13.1. The SMILES string of the molecule is CCOC(=O)Cn1c(=O)oc2cc(S(=O)(=O)N3CCC[C@@H](C(=O)OCC)C3)ccc21. The van der Waals surface area contributed by atoms with E-state index in [1.54, 1.807) is 13.8 Å². The molecule has 30 heavy (non-hydrogen) atoms. The van der Waals surface area contributed by atoms with Gasteiger partial charge >= 0.3 is 17.7 Å². The Bertz CT molecular complexity index is 1100. The van der Waals surface area contributed by atoms with E-state index in [0.717, 1.165) is 4.57 Å². The zero-order valence-electron chi connectivity index (χ0n) is 16.8. The Morgan fingerprint density at radius 2 is 1.93 bits per heavy atom. The average Bonchev–Trinajstić information content (AvgIpc) is 3.03. The van der Waals surface area contributed by atoms with Crippen LogP contribution in [0.5, 0.6) is 0 Å². The van der Waals surface area contributed by atoms with Gasteiger partial charge in [-0.2, -0.15) is 4.31 Å². The lowest BCUT2D eigenvalue weighted by Crippen LogP contribution is -2.42. The summed E-state index contributed by atoms with van der Waals surface area (Å²) in [5.74, 6) is -2.30. The van der Waals surface area contributed by atoms with Crippen molar-refractivity contribution in [2.45, 2.75) is 38.1 Å². The molecule has 0 bridgehead atoms. The van der Waals surface area contributed by atoms with Crippen molar-refractivity contribution >= 4 is 33.1 Å². The summed E-state index contributed by atoms with van der Waals surface area (Å²) in [5, 5.41) is 0. The quantitative estimate of drug-likeness (QED) is 0.587. The van der Waals surface area contributed by atoms with Crippen molar-refractivity contribution in [3.8, 4) is 0 Å². The Hall–Kier alpha value is -2.66. The molecular formula is C19H24N2O8S. The highest BCUT2D eigenvalue weighted by atomic mass is 32.2. The fraction of sp³-hybridized carbons (Fsp3) is 0.526. The lowest BCUT2D eigenvalue weighted by atomic mass is 10.0. The van der Waals surface area contributed by atoms with Gasteiger partial charge in [0.05, 0.1) is 29.5 Å². The molecule has 1 fully saturated rings. The van der Waals surface area contributed by atoms with Crippen molar-refractivity contribution in [2.75, 3.05) is 26.3 Å². The topological polar surface area (TPSA) is 125 Å². The number of sulfonamides is 1. The molecule has 0 unspecified atom stereocenters. The number of hydrogen-bond donors (Lipinski definition) is 0. The second-order valence-electron chi connectivity index (χ2n) is 6.84. The third-order valence-electron chi connectivity index (χ3n) is 4.87. The number of carbonyl (C=O) groups is 2. The van der Waals surface area contributed by atoms with Gasteiger partial charge in [-0.15, -0.1) is 0 Å². The van der Waals surface area contributed by atoms with E-state index in [9.17, 15) is 22.8 Å². The Morgan fingerprint density at radius 1 is 1.20 bits per heavy atom. The first-order chi connectivity index (χ1) is 14.3. The molecule has 1 aromatic carbocycles. The van der Waals surface area contributed by atoms with E-state index in [2.05, 4.69) is 0 Å². The number of ether oxygens (including phenoxy) is 2. The first kappa shape index (κ1) is 22.0. The summed E-state index contributed by atoms with van der Waals surface area (Å²) in [4.78, 5) is 35.8. The van der Waals surface area contributed by atoms with Gasteiger partial charge < -0.3 is 13.9 Å². The van der Waals surface area contributed by atoms with E-state index in [0.29, 0.717) is 12.8 Å². The predicted molar refractivity (Wildman–Crippen MR) is 105 cm³/mol. The van der Waals surface area contributed by atoms with Crippen molar-refractivity contribution in [3.63, 3.8) is 0 Å². The molecule has 0 amide bonds. The van der Waals surface area contributed by atoms with Crippen LogP contribution in [0.2, 0.25) is 0 Å². The number of rotatable bonds is 7. The molecular weight excluding hydrogens is 416 g/mol. The van der Waals surface area contributed by atoms with Crippen LogP contribution in [0.4, 0.5) is 0 Å². The van der Waals surface area contributed by atoms with Crippen LogP contribution in [0, 0.1) is 5.92 Å². The van der Waals surface area contributed by atoms with Gasteiger partial charge in [-0.1, -0.05) is 0 Å². The van der Waals surface area contributed by atoms with E-state index in [4.69, 9.17) is 13.9 Å². The van der Waals surface area contributed by atoms with Gasteiger partial charge in [0.15, 0.2) is 5.58 Å². The lowest BCUT2D eigenvalue weighted by molar-refractivity contribution is -0.149. The van der Waals surface area contributed by atoms with E-state index >= 15 is 0 Å². The molecule has 0 saturated carbocycles. The zero-order chi connectivity index (χ0) is 21.9. The van der Waals surface area contributed by atoms with Gasteiger partial charge in [0.25, 0.3) is 0 Å². The smallest absolute Gasteiger partial charge is 0.420 e. The van der Waals surface area contributed by atoms with Gasteiger partial charge in [0.2, 0.25) is 10.0 Å². The third-order valence-corrected chi connectivity index (χ3v) is 6.74. The molecule has 0 N–H and O–H groups in total. The summed E-state index contributed by atoms with van der Waals surface area (Å²) in [6.45, 7) is 3.75. The molecule has 164 valence electrons. The van der Waals surface area contributed by atoms with Gasteiger partial charge in [-0.3, -0.25) is 14.2 Å². The second kappa shape index (κ2) is 9.00. The largest absolute Gasteiger partial charge is 0.466 e. The van der Waals surface area contributed by atoms with Crippen LogP contribution in [0.1, 0.15) is 26.7 Å². The number of piperidine rings is 1. The lowest BCUT2D eigenvalue weighted by Gasteiger charge is -2.30. The number of esters is 2.